The smallest absolute Gasteiger partial charge is 0.165 e. The van der Waals surface area contributed by atoms with E-state index in [4.69, 9.17) is 9.47 Å². The van der Waals surface area contributed by atoms with Crippen LogP contribution >= 0.6 is 0 Å². The highest BCUT2D eigenvalue weighted by atomic mass is 16.5. The Hall–Kier alpha value is -1.38. The molecule has 0 aromatic heterocycles. The molecule has 3 rings (SSSR count). The minimum atomic E-state index is 0.161. The van der Waals surface area contributed by atoms with Crippen LogP contribution in [0.5, 0.6) is 17.2 Å². The number of aromatic hydroxyl groups is 1. The molecule has 0 amide bonds. The molecule has 1 aliphatic heterocycles. The molecule has 0 bridgehead atoms. The van der Waals surface area contributed by atoms with Gasteiger partial charge in [-0.25, -0.2) is 0 Å². The van der Waals surface area contributed by atoms with E-state index in [1.54, 1.807) is 7.11 Å². The third kappa shape index (κ3) is 1.48. The topological polar surface area (TPSA) is 38.7 Å². The molecule has 1 heterocycles. The Labute approximate surface area is 101 Å². The van der Waals surface area contributed by atoms with Gasteiger partial charge in [-0.2, -0.15) is 0 Å². The number of fused-ring (bicyclic) bond motifs is 3. The quantitative estimate of drug-likeness (QED) is 0.811. The fraction of sp³-hybridized carbons (Fsp3) is 0.571. The normalized spacial score (nSPS) is 21.6. The highest BCUT2D eigenvalue weighted by molar-refractivity contribution is 5.64. The van der Waals surface area contributed by atoms with E-state index in [0.717, 1.165) is 42.6 Å². The Morgan fingerprint density at radius 3 is 2.59 bits per heavy atom. The van der Waals surface area contributed by atoms with Gasteiger partial charge in [-0.1, -0.05) is 0 Å². The molecule has 0 fully saturated rings. The molecule has 0 saturated carbocycles. The number of benzene rings is 1. The maximum atomic E-state index is 10.3. The van der Waals surface area contributed by atoms with Crippen LogP contribution in [0.3, 0.4) is 0 Å². The second-order valence-electron chi connectivity index (χ2n) is 4.99. The number of phenols is 1. The average molecular weight is 234 g/mol. The molecule has 1 aromatic rings. The molecule has 1 aromatic carbocycles. The van der Waals surface area contributed by atoms with Gasteiger partial charge < -0.3 is 14.6 Å². The molecule has 1 N–H and O–H groups in total. The fourth-order valence-corrected chi connectivity index (χ4v) is 3.06. The van der Waals surface area contributed by atoms with Crippen LogP contribution in [-0.2, 0) is 19.3 Å². The van der Waals surface area contributed by atoms with Crippen molar-refractivity contribution in [1.29, 1.82) is 0 Å². The third-order valence-corrected chi connectivity index (χ3v) is 3.81. The molecular weight excluding hydrogens is 216 g/mol. The summed E-state index contributed by atoms with van der Waals surface area (Å²) in [6.45, 7) is 2.04. The molecule has 1 aliphatic carbocycles. The van der Waals surface area contributed by atoms with Crippen LogP contribution in [-0.4, -0.2) is 18.3 Å². The molecule has 1 atom stereocenters. The molecule has 0 spiro atoms. The Bertz CT molecular complexity index is 465. The summed E-state index contributed by atoms with van der Waals surface area (Å²) < 4.78 is 11.3. The first-order chi connectivity index (χ1) is 8.22. The van der Waals surface area contributed by atoms with Crippen LogP contribution in [0, 0.1) is 0 Å². The lowest BCUT2D eigenvalue weighted by Gasteiger charge is -2.22. The largest absolute Gasteiger partial charge is 0.504 e. The first-order valence-electron chi connectivity index (χ1n) is 6.32. The first-order valence-corrected chi connectivity index (χ1v) is 6.32. The van der Waals surface area contributed by atoms with Gasteiger partial charge in [0.05, 0.1) is 7.11 Å². The van der Waals surface area contributed by atoms with Crippen molar-refractivity contribution in [2.45, 2.75) is 45.1 Å². The van der Waals surface area contributed by atoms with Crippen LogP contribution in [0.2, 0.25) is 0 Å². The molecule has 3 nitrogen and oxygen atoms in total. The van der Waals surface area contributed by atoms with E-state index < -0.39 is 0 Å². The van der Waals surface area contributed by atoms with Crippen LogP contribution in [0.25, 0.3) is 0 Å². The van der Waals surface area contributed by atoms with E-state index >= 15 is 0 Å². The molecular formula is C14H18O3. The van der Waals surface area contributed by atoms with E-state index in [0.29, 0.717) is 11.5 Å². The first kappa shape index (κ1) is 10.8. The fourth-order valence-electron chi connectivity index (χ4n) is 3.06. The maximum absolute atomic E-state index is 10.3. The Balaban J connectivity index is 2.24. The summed E-state index contributed by atoms with van der Waals surface area (Å²) in [6.07, 6.45) is 5.33. The standard InChI is InChI=1S/C14H18O3/c1-8-7-11-12(15)14(16-2)10-6-4-3-5-9(10)13(11)17-8/h8,15H,3-7H2,1-2H3. The molecule has 0 radical (unpaired) electrons. The number of rotatable bonds is 1. The summed E-state index contributed by atoms with van der Waals surface area (Å²) in [6, 6.07) is 0. The SMILES string of the molecule is COc1c(O)c2c(c3c1CCCC3)OC(C)C2. The molecule has 92 valence electrons. The second kappa shape index (κ2) is 3.83. The van der Waals surface area contributed by atoms with Crippen molar-refractivity contribution in [3.63, 3.8) is 0 Å². The van der Waals surface area contributed by atoms with E-state index in [-0.39, 0.29) is 6.10 Å². The lowest BCUT2D eigenvalue weighted by Crippen LogP contribution is -2.09. The number of hydrogen-bond donors (Lipinski definition) is 1. The summed E-state index contributed by atoms with van der Waals surface area (Å²) in [5.74, 6) is 1.91. The second-order valence-corrected chi connectivity index (χ2v) is 4.99. The number of methoxy groups -OCH3 is 1. The van der Waals surface area contributed by atoms with Gasteiger partial charge in [0.15, 0.2) is 11.5 Å². The lowest BCUT2D eigenvalue weighted by atomic mass is 9.87. The van der Waals surface area contributed by atoms with Gasteiger partial charge in [0.25, 0.3) is 0 Å². The van der Waals surface area contributed by atoms with Crippen molar-refractivity contribution < 1.29 is 14.6 Å². The Morgan fingerprint density at radius 2 is 1.88 bits per heavy atom. The van der Waals surface area contributed by atoms with Crippen LogP contribution in [0.1, 0.15) is 36.5 Å². The Morgan fingerprint density at radius 1 is 1.18 bits per heavy atom. The number of ether oxygens (including phenoxy) is 2. The van der Waals surface area contributed by atoms with Gasteiger partial charge in [-0.15, -0.1) is 0 Å². The van der Waals surface area contributed by atoms with Gasteiger partial charge >= 0.3 is 0 Å². The van der Waals surface area contributed by atoms with E-state index in [9.17, 15) is 5.11 Å². The minimum absolute atomic E-state index is 0.161. The molecule has 1 unspecified atom stereocenters. The lowest BCUT2D eigenvalue weighted by molar-refractivity contribution is 0.251. The van der Waals surface area contributed by atoms with Crippen molar-refractivity contribution in [2.75, 3.05) is 7.11 Å². The monoisotopic (exact) mass is 234 g/mol. The maximum Gasteiger partial charge on any atom is 0.165 e. The zero-order valence-corrected chi connectivity index (χ0v) is 10.4. The van der Waals surface area contributed by atoms with Gasteiger partial charge in [-0.05, 0) is 32.6 Å². The highest BCUT2D eigenvalue weighted by Gasteiger charge is 2.32. The van der Waals surface area contributed by atoms with Crippen molar-refractivity contribution in [1.82, 2.24) is 0 Å². The molecule has 17 heavy (non-hydrogen) atoms. The van der Waals surface area contributed by atoms with Crippen molar-refractivity contribution >= 4 is 0 Å². The minimum Gasteiger partial charge on any atom is -0.504 e. The number of hydrogen-bond acceptors (Lipinski definition) is 3. The zero-order valence-electron chi connectivity index (χ0n) is 10.4. The Kier molecular flexibility index (Phi) is 2.42. The van der Waals surface area contributed by atoms with Gasteiger partial charge in [-0.3, -0.25) is 0 Å². The summed E-state index contributed by atoms with van der Waals surface area (Å²) in [5, 5.41) is 10.3. The highest BCUT2D eigenvalue weighted by Crippen LogP contribution is 2.49. The van der Waals surface area contributed by atoms with E-state index in [1.807, 2.05) is 6.92 Å². The molecule has 2 aliphatic rings. The van der Waals surface area contributed by atoms with Crippen molar-refractivity contribution in [3.05, 3.63) is 16.7 Å². The van der Waals surface area contributed by atoms with Gasteiger partial charge in [0.2, 0.25) is 0 Å². The summed E-state index contributed by atoms with van der Waals surface area (Å²) >= 11 is 0. The summed E-state index contributed by atoms with van der Waals surface area (Å²) in [5.41, 5.74) is 3.37. The van der Waals surface area contributed by atoms with Crippen molar-refractivity contribution in [2.24, 2.45) is 0 Å². The number of phenolic OH excluding ortho intramolecular Hbond substituents is 1. The van der Waals surface area contributed by atoms with E-state index in [2.05, 4.69) is 0 Å². The molecule has 3 heteroatoms. The van der Waals surface area contributed by atoms with Gasteiger partial charge in [0, 0.05) is 23.1 Å². The zero-order chi connectivity index (χ0) is 12.0. The summed E-state index contributed by atoms with van der Waals surface area (Å²) in [4.78, 5) is 0. The molecule has 0 saturated heterocycles. The van der Waals surface area contributed by atoms with Crippen LogP contribution < -0.4 is 9.47 Å². The van der Waals surface area contributed by atoms with Crippen LogP contribution in [0.15, 0.2) is 0 Å². The predicted octanol–water partition coefficient (Wildman–Crippen LogP) is 2.60. The summed E-state index contributed by atoms with van der Waals surface area (Å²) in [7, 11) is 1.63. The van der Waals surface area contributed by atoms with Crippen molar-refractivity contribution in [3.8, 4) is 17.2 Å². The van der Waals surface area contributed by atoms with E-state index in [1.165, 1.54) is 12.0 Å². The average Bonchev–Trinajstić information content (AvgIpc) is 2.72. The predicted molar refractivity (Wildman–Crippen MR) is 65.1 cm³/mol. The van der Waals surface area contributed by atoms with Crippen LogP contribution in [0.4, 0.5) is 0 Å². The third-order valence-electron chi connectivity index (χ3n) is 3.81. The van der Waals surface area contributed by atoms with Gasteiger partial charge in [0.1, 0.15) is 11.9 Å².